The van der Waals surface area contributed by atoms with Crippen LogP contribution in [0.4, 0.5) is 0 Å². The third-order valence-corrected chi connectivity index (χ3v) is 10.1. The molecule has 1 aliphatic rings. The van der Waals surface area contributed by atoms with Crippen LogP contribution in [0.2, 0.25) is 18.1 Å². The van der Waals surface area contributed by atoms with Crippen molar-refractivity contribution in [2.24, 2.45) is 0 Å². The second-order valence-corrected chi connectivity index (χ2v) is 13.5. The van der Waals surface area contributed by atoms with E-state index in [9.17, 15) is 20.1 Å². The van der Waals surface area contributed by atoms with Gasteiger partial charge in [0.2, 0.25) is 0 Å². The maximum atomic E-state index is 11.9. The molecule has 1 saturated heterocycles. The van der Waals surface area contributed by atoms with Gasteiger partial charge in [0.1, 0.15) is 18.3 Å². The Morgan fingerprint density at radius 2 is 1.79 bits per heavy atom. The van der Waals surface area contributed by atoms with Gasteiger partial charge in [-0.2, -0.15) is 0 Å². The molecule has 2 rings (SSSR count). The molecule has 1 aromatic carbocycles. The highest BCUT2D eigenvalue weighted by atomic mass is 28.4. The zero-order chi connectivity index (χ0) is 21.1. The van der Waals surface area contributed by atoms with E-state index in [2.05, 4.69) is 33.9 Å². The first-order chi connectivity index (χ1) is 12.9. The van der Waals surface area contributed by atoms with E-state index >= 15 is 0 Å². The van der Waals surface area contributed by atoms with Crippen molar-refractivity contribution in [3.63, 3.8) is 0 Å². The van der Waals surface area contributed by atoms with Gasteiger partial charge in [0.25, 0.3) is 0 Å². The highest BCUT2D eigenvalue weighted by Gasteiger charge is 2.49. The Morgan fingerprint density at radius 3 is 2.36 bits per heavy atom. The smallest absolute Gasteiger partial charge is 0.338 e. The fourth-order valence-electron chi connectivity index (χ4n) is 2.65. The summed E-state index contributed by atoms with van der Waals surface area (Å²) in [5.41, 5.74) is 0.854. The molecule has 7 nitrogen and oxygen atoms in total. The van der Waals surface area contributed by atoms with Gasteiger partial charge in [-0.1, -0.05) is 51.1 Å². The standard InChI is InChI=1S/C20H32O7Si/c1-20(2,3)28(4,5)26-12-14(21)17-18(15(22)16(23)19(24)27-17)25-11-13-9-7-6-8-10-13/h6-10,14-18,21-23H,11-12H2,1-5H3/t14-,15+,16-,17-,18-/m1/s1. The maximum Gasteiger partial charge on any atom is 0.338 e. The molecule has 0 amide bonds. The van der Waals surface area contributed by atoms with Crippen LogP contribution in [-0.4, -0.2) is 66.7 Å². The second-order valence-electron chi connectivity index (χ2n) is 8.74. The Labute approximate surface area is 167 Å². The first kappa shape index (κ1) is 23.0. The molecule has 0 spiro atoms. The molecule has 8 heteroatoms. The number of cyclic esters (lactones) is 1. The van der Waals surface area contributed by atoms with Crippen molar-refractivity contribution in [2.45, 2.75) is 76.0 Å². The fourth-order valence-corrected chi connectivity index (χ4v) is 3.67. The highest BCUT2D eigenvalue weighted by molar-refractivity contribution is 6.74. The van der Waals surface area contributed by atoms with E-state index in [1.165, 1.54) is 0 Å². The van der Waals surface area contributed by atoms with Crippen LogP contribution in [0.15, 0.2) is 30.3 Å². The molecule has 1 aromatic rings. The maximum absolute atomic E-state index is 11.9. The molecule has 1 aliphatic heterocycles. The average molecular weight is 413 g/mol. The van der Waals surface area contributed by atoms with Gasteiger partial charge in [0.05, 0.1) is 13.2 Å². The molecule has 0 saturated carbocycles. The number of carbonyl (C=O) groups excluding carboxylic acids is 1. The minimum Gasteiger partial charge on any atom is -0.455 e. The number of ether oxygens (including phenoxy) is 2. The van der Waals surface area contributed by atoms with Gasteiger partial charge in [-0.25, -0.2) is 4.79 Å². The van der Waals surface area contributed by atoms with E-state index in [0.29, 0.717) is 0 Å². The van der Waals surface area contributed by atoms with Crippen molar-refractivity contribution >= 4 is 14.3 Å². The van der Waals surface area contributed by atoms with E-state index in [1.807, 2.05) is 30.3 Å². The van der Waals surface area contributed by atoms with Gasteiger partial charge in [0.15, 0.2) is 20.5 Å². The number of benzene rings is 1. The lowest BCUT2D eigenvalue weighted by Crippen LogP contribution is -2.61. The summed E-state index contributed by atoms with van der Waals surface area (Å²) in [6.45, 7) is 10.4. The Kier molecular flexibility index (Phi) is 7.41. The number of carbonyl (C=O) groups is 1. The van der Waals surface area contributed by atoms with Gasteiger partial charge in [-0.3, -0.25) is 0 Å². The number of hydrogen-bond donors (Lipinski definition) is 3. The molecule has 0 radical (unpaired) electrons. The summed E-state index contributed by atoms with van der Waals surface area (Å²) in [6, 6.07) is 9.27. The van der Waals surface area contributed by atoms with Gasteiger partial charge in [-0.05, 0) is 23.7 Å². The van der Waals surface area contributed by atoms with E-state index < -0.39 is 44.8 Å². The summed E-state index contributed by atoms with van der Waals surface area (Å²) in [4.78, 5) is 11.9. The molecule has 0 aliphatic carbocycles. The number of rotatable bonds is 7. The molecule has 158 valence electrons. The van der Waals surface area contributed by atoms with E-state index in [0.717, 1.165) is 5.56 Å². The third kappa shape index (κ3) is 5.40. The van der Waals surface area contributed by atoms with Crippen molar-refractivity contribution in [1.29, 1.82) is 0 Å². The summed E-state index contributed by atoms with van der Waals surface area (Å²) >= 11 is 0. The monoisotopic (exact) mass is 412 g/mol. The highest BCUT2D eigenvalue weighted by Crippen LogP contribution is 2.37. The SMILES string of the molecule is CC(C)(C)[Si](C)(C)OC[C@@H](O)[C@H]1OC(=O)[C@H](O)[C@H](O)[C@H]1OCc1ccccc1. The van der Waals surface area contributed by atoms with Crippen LogP contribution >= 0.6 is 0 Å². The van der Waals surface area contributed by atoms with Crippen molar-refractivity contribution in [3.8, 4) is 0 Å². The number of hydrogen-bond acceptors (Lipinski definition) is 7. The quantitative estimate of drug-likeness (QED) is 0.461. The number of aliphatic hydroxyl groups is 3. The lowest BCUT2D eigenvalue weighted by atomic mass is 9.96. The van der Waals surface area contributed by atoms with Crippen LogP contribution in [0.25, 0.3) is 0 Å². The van der Waals surface area contributed by atoms with Crippen LogP contribution in [-0.2, 0) is 25.3 Å². The number of esters is 1. The normalized spacial score (nSPS) is 27.4. The average Bonchev–Trinajstić information content (AvgIpc) is 2.63. The molecule has 3 N–H and O–H groups in total. The zero-order valence-electron chi connectivity index (χ0n) is 17.2. The lowest BCUT2D eigenvalue weighted by Gasteiger charge is -2.41. The van der Waals surface area contributed by atoms with Gasteiger partial charge in [0, 0.05) is 0 Å². The lowest BCUT2D eigenvalue weighted by molar-refractivity contribution is -0.228. The zero-order valence-corrected chi connectivity index (χ0v) is 18.2. The van der Waals surface area contributed by atoms with Crippen LogP contribution in [0.1, 0.15) is 26.3 Å². The molecule has 0 bridgehead atoms. The molecule has 28 heavy (non-hydrogen) atoms. The van der Waals surface area contributed by atoms with E-state index in [4.69, 9.17) is 13.9 Å². The van der Waals surface area contributed by atoms with E-state index in [1.54, 1.807) is 0 Å². The molecule has 1 heterocycles. The van der Waals surface area contributed by atoms with Crippen molar-refractivity contribution in [1.82, 2.24) is 0 Å². The minimum atomic E-state index is -2.13. The predicted octanol–water partition coefficient (Wildman–Crippen LogP) is 1.60. The van der Waals surface area contributed by atoms with Gasteiger partial charge < -0.3 is 29.2 Å². The van der Waals surface area contributed by atoms with Crippen LogP contribution in [0.5, 0.6) is 0 Å². The Bertz CT molecular complexity index is 644. The third-order valence-electron chi connectivity index (χ3n) is 5.56. The largest absolute Gasteiger partial charge is 0.455 e. The fraction of sp³-hybridized carbons (Fsp3) is 0.650. The predicted molar refractivity (Wildman–Crippen MR) is 106 cm³/mol. The van der Waals surface area contributed by atoms with Gasteiger partial charge in [-0.15, -0.1) is 0 Å². The number of aliphatic hydroxyl groups excluding tert-OH is 3. The first-order valence-corrected chi connectivity index (χ1v) is 12.4. The summed E-state index contributed by atoms with van der Waals surface area (Å²) in [7, 11) is -2.13. The van der Waals surface area contributed by atoms with Crippen LogP contribution in [0, 0.1) is 0 Å². The Balaban J connectivity index is 2.09. The van der Waals surface area contributed by atoms with Crippen molar-refractivity contribution < 1.29 is 34.0 Å². The summed E-state index contributed by atoms with van der Waals surface area (Å²) < 4.78 is 17.0. The van der Waals surface area contributed by atoms with Crippen LogP contribution in [0.3, 0.4) is 0 Å². The summed E-state index contributed by atoms with van der Waals surface area (Å²) in [6.07, 6.45) is -6.63. The molecule has 0 aromatic heterocycles. The summed E-state index contributed by atoms with van der Waals surface area (Å²) in [5, 5.41) is 30.8. The molecule has 0 unspecified atom stereocenters. The topological polar surface area (TPSA) is 105 Å². The molecular weight excluding hydrogens is 380 g/mol. The summed E-state index contributed by atoms with van der Waals surface area (Å²) in [5.74, 6) is -0.983. The van der Waals surface area contributed by atoms with Crippen LogP contribution < -0.4 is 0 Å². The Hall–Kier alpha value is -1.29. The van der Waals surface area contributed by atoms with E-state index in [-0.39, 0.29) is 18.3 Å². The van der Waals surface area contributed by atoms with Crippen molar-refractivity contribution in [2.75, 3.05) is 6.61 Å². The first-order valence-electron chi connectivity index (χ1n) is 9.48. The molecular formula is C20H32O7Si. The molecule has 1 fully saturated rings. The van der Waals surface area contributed by atoms with Gasteiger partial charge >= 0.3 is 5.97 Å². The minimum absolute atomic E-state index is 0.0467. The Morgan fingerprint density at radius 1 is 1.18 bits per heavy atom. The molecule has 5 atom stereocenters. The second kappa shape index (κ2) is 9.02. The van der Waals surface area contributed by atoms with Crippen molar-refractivity contribution in [3.05, 3.63) is 35.9 Å².